The zero-order valence-electron chi connectivity index (χ0n) is 13.1. The van der Waals surface area contributed by atoms with Crippen LogP contribution in [0.5, 0.6) is 11.5 Å². The fourth-order valence-corrected chi connectivity index (χ4v) is 2.40. The monoisotopic (exact) mass is 289 g/mol. The van der Waals surface area contributed by atoms with E-state index in [1.165, 1.54) is 5.56 Å². The van der Waals surface area contributed by atoms with Crippen LogP contribution in [0.3, 0.4) is 0 Å². The van der Waals surface area contributed by atoms with E-state index in [2.05, 4.69) is 18.3 Å². The SMILES string of the molecule is CCOc1cc(CNC(C)c2cc(C)oc2C)ccc1O. The Balaban J connectivity index is 2.02. The molecule has 2 rings (SSSR count). The van der Waals surface area contributed by atoms with Crippen molar-refractivity contribution in [2.75, 3.05) is 6.61 Å². The van der Waals surface area contributed by atoms with Gasteiger partial charge in [-0.25, -0.2) is 0 Å². The smallest absolute Gasteiger partial charge is 0.161 e. The summed E-state index contributed by atoms with van der Waals surface area (Å²) in [6.45, 7) is 9.18. The molecule has 0 aliphatic carbocycles. The van der Waals surface area contributed by atoms with Gasteiger partial charge in [0.05, 0.1) is 6.61 Å². The fraction of sp³-hybridized carbons (Fsp3) is 0.412. The van der Waals surface area contributed by atoms with Crippen molar-refractivity contribution in [3.8, 4) is 11.5 Å². The van der Waals surface area contributed by atoms with Gasteiger partial charge in [-0.3, -0.25) is 0 Å². The maximum Gasteiger partial charge on any atom is 0.161 e. The molecule has 0 radical (unpaired) electrons. The standard InChI is InChI=1S/C17H23NO3/c1-5-20-17-9-14(6-7-16(17)19)10-18-12(3)15-8-11(2)21-13(15)4/h6-9,12,18-19H,5,10H2,1-4H3. The summed E-state index contributed by atoms with van der Waals surface area (Å²) in [6.07, 6.45) is 0. The summed E-state index contributed by atoms with van der Waals surface area (Å²) in [5, 5.41) is 13.2. The number of nitrogens with one attached hydrogen (secondary N) is 1. The average Bonchev–Trinajstić information content (AvgIpc) is 2.78. The third-order valence-corrected chi connectivity index (χ3v) is 3.48. The molecule has 1 atom stereocenters. The van der Waals surface area contributed by atoms with E-state index in [4.69, 9.17) is 9.15 Å². The third kappa shape index (κ3) is 3.79. The van der Waals surface area contributed by atoms with Crippen LogP contribution in [0, 0.1) is 13.8 Å². The maximum atomic E-state index is 9.70. The van der Waals surface area contributed by atoms with E-state index in [0.717, 1.165) is 17.1 Å². The van der Waals surface area contributed by atoms with Gasteiger partial charge >= 0.3 is 0 Å². The summed E-state index contributed by atoms with van der Waals surface area (Å²) in [7, 11) is 0. The van der Waals surface area contributed by atoms with E-state index in [-0.39, 0.29) is 11.8 Å². The Labute approximate surface area is 125 Å². The van der Waals surface area contributed by atoms with E-state index in [1.54, 1.807) is 6.07 Å². The number of ether oxygens (including phenoxy) is 1. The summed E-state index contributed by atoms with van der Waals surface area (Å²) in [5.41, 5.74) is 2.25. The topological polar surface area (TPSA) is 54.6 Å². The van der Waals surface area contributed by atoms with Crippen LogP contribution in [0.25, 0.3) is 0 Å². The van der Waals surface area contributed by atoms with Crippen molar-refractivity contribution >= 4 is 0 Å². The molecule has 2 aromatic rings. The molecular formula is C17H23NO3. The number of phenols is 1. The van der Waals surface area contributed by atoms with Gasteiger partial charge in [-0.1, -0.05) is 6.07 Å². The Morgan fingerprint density at radius 3 is 2.67 bits per heavy atom. The van der Waals surface area contributed by atoms with Crippen LogP contribution in [-0.2, 0) is 6.54 Å². The molecule has 0 saturated heterocycles. The quantitative estimate of drug-likeness (QED) is 0.848. The molecule has 4 heteroatoms. The first-order valence-corrected chi connectivity index (χ1v) is 7.26. The molecule has 2 N–H and O–H groups in total. The van der Waals surface area contributed by atoms with Gasteiger partial charge < -0.3 is 19.6 Å². The summed E-state index contributed by atoms with van der Waals surface area (Å²) < 4.78 is 11.0. The molecule has 1 unspecified atom stereocenters. The van der Waals surface area contributed by atoms with Crippen LogP contribution >= 0.6 is 0 Å². The molecule has 1 aromatic carbocycles. The van der Waals surface area contributed by atoms with E-state index in [1.807, 2.05) is 32.9 Å². The molecule has 0 saturated carbocycles. The number of hydrogen-bond acceptors (Lipinski definition) is 4. The summed E-state index contributed by atoms with van der Waals surface area (Å²) >= 11 is 0. The van der Waals surface area contributed by atoms with Gasteiger partial charge in [-0.2, -0.15) is 0 Å². The van der Waals surface area contributed by atoms with Gasteiger partial charge in [0.1, 0.15) is 11.5 Å². The van der Waals surface area contributed by atoms with Gasteiger partial charge in [0.2, 0.25) is 0 Å². The lowest BCUT2D eigenvalue weighted by Gasteiger charge is -2.14. The highest BCUT2D eigenvalue weighted by atomic mass is 16.5. The van der Waals surface area contributed by atoms with Gasteiger partial charge in [0.25, 0.3) is 0 Å². The highest BCUT2D eigenvalue weighted by Crippen LogP contribution is 2.27. The van der Waals surface area contributed by atoms with Crippen LogP contribution in [0.1, 0.15) is 42.5 Å². The highest BCUT2D eigenvalue weighted by Gasteiger charge is 2.12. The molecule has 0 fully saturated rings. The Kier molecular flexibility index (Phi) is 4.91. The molecule has 0 aliphatic rings. The van der Waals surface area contributed by atoms with Crippen LogP contribution < -0.4 is 10.1 Å². The zero-order chi connectivity index (χ0) is 15.4. The molecule has 21 heavy (non-hydrogen) atoms. The number of hydrogen-bond donors (Lipinski definition) is 2. The molecular weight excluding hydrogens is 266 g/mol. The predicted molar refractivity (Wildman–Crippen MR) is 82.7 cm³/mol. The first-order chi connectivity index (χ1) is 10.0. The Morgan fingerprint density at radius 2 is 2.05 bits per heavy atom. The molecule has 0 aliphatic heterocycles. The van der Waals surface area contributed by atoms with E-state index in [0.29, 0.717) is 18.9 Å². The van der Waals surface area contributed by atoms with Crippen molar-refractivity contribution in [1.82, 2.24) is 5.32 Å². The molecule has 0 bridgehead atoms. The lowest BCUT2D eigenvalue weighted by Crippen LogP contribution is -2.18. The Hall–Kier alpha value is -1.94. The summed E-state index contributed by atoms with van der Waals surface area (Å²) in [6, 6.07) is 7.69. The molecule has 1 aromatic heterocycles. The minimum Gasteiger partial charge on any atom is -0.504 e. The predicted octanol–water partition coefficient (Wildman–Crippen LogP) is 3.85. The number of rotatable bonds is 6. The number of furan rings is 1. The second-order valence-electron chi connectivity index (χ2n) is 5.21. The van der Waals surface area contributed by atoms with Gasteiger partial charge in [0, 0.05) is 18.2 Å². The average molecular weight is 289 g/mol. The van der Waals surface area contributed by atoms with Crippen molar-refractivity contribution in [2.24, 2.45) is 0 Å². The van der Waals surface area contributed by atoms with E-state index in [9.17, 15) is 5.11 Å². The van der Waals surface area contributed by atoms with Gasteiger partial charge in [-0.05, 0) is 51.5 Å². The van der Waals surface area contributed by atoms with Crippen LogP contribution in [0.4, 0.5) is 0 Å². The normalized spacial score (nSPS) is 12.4. The van der Waals surface area contributed by atoms with Crippen LogP contribution in [0.15, 0.2) is 28.7 Å². The van der Waals surface area contributed by atoms with Gasteiger partial charge in [-0.15, -0.1) is 0 Å². The third-order valence-electron chi connectivity index (χ3n) is 3.48. The molecule has 1 heterocycles. The van der Waals surface area contributed by atoms with Crippen molar-refractivity contribution < 1.29 is 14.3 Å². The highest BCUT2D eigenvalue weighted by molar-refractivity contribution is 5.41. The zero-order valence-corrected chi connectivity index (χ0v) is 13.1. The largest absolute Gasteiger partial charge is 0.504 e. The Bertz CT molecular complexity index is 604. The number of aromatic hydroxyl groups is 1. The molecule has 0 amide bonds. The first-order valence-electron chi connectivity index (χ1n) is 7.26. The minimum atomic E-state index is 0.176. The second kappa shape index (κ2) is 6.68. The number of phenolic OH excluding ortho intramolecular Hbond substituents is 1. The second-order valence-corrected chi connectivity index (χ2v) is 5.21. The number of benzene rings is 1. The van der Waals surface area contributed by atoms with Crippen LogP contribution in [0.2, 0.25) is 0 Å². The number of aryl methyl sites for hydroxylation is 2. The van der Waals surface area contributed by atoms with Crippen molar-refractivity contribution in [2.45, 2.75) is 40.3 Å². The fourth-order valence-electron chi connectivity index (χ4n) is 2.40. The van der Waals surface area contributed by atoms with Crippen molar-refractivity contribution in [1.29, 1.82) is 0 Å². The molecule has 4 nitrogen and oxygen atoms in total. The van der Waals surface area contributed by atoms with E-state index >= 15 is 0 Å². The maximum absolute atomic E-state index is 9.70. The van der Waals surface area contributed by atoms with Crippen LogP contribution in [-0.4, -0.2) is 11.7 Å². The van der Waals surface area contributed by atoms with Crippen molar-refractivity contribution in [3.05, 3.63) is 46.9 Å². The Morgan fingerprint density at radius 1 is 1.29 bits per heavy atom. The van der Waals surface area contributed by atoms with E-state index < -0.39 is 0 Å². The minimum absolute atomic E-state index is 0.176. The summed E-state index contributed by atoms with van der Waals surface area (Å²) in [5.74, 6) is 2.59. The van der Waals surface area contributed by atoms with Gasteiger partial charge in [0.15, 0.2) is 11.5 Å². The molecule has 114 valence electrons. The molecule has 0 spiro atoms. The summed E-state index contributed by atoms with van der Waals surface area (Å²) in [4.78, 5) is 0. The van der Waals surface area contributed by atoms with Crippen molar-refractivity contribution in [3.63, 3.8) is 0 Å². The first kappa shape index (κ1) is 15.4. The lowest BCUT2D eigenvalue weighted by molar-refractivity contribution is 0.317. The lowest BCUT2D eigenvalue weighted by atomic mass is 10.1.